The summed E-state index contributed by atoms with van der Waals surface area (Å²) in [6, 6.07) is 61.9. The molecule has 0 amide bonds. The molecule has 8 aromatic carbocycles. The Morgan fingerprint density at radius 3 is 1.43 bits per heavy atom. The van der Waals surface area contributed by atoms with Gasteiger partial charge in [0.15, 0.2) is 34.2 Å². The maximum absolute atomic E-state index is 6.56. The van der Waals surface area contributed by atoms with Crippen LogP contribution in [0.15, 0.2) is 191 Å². The first-order valence-corrected chi connectivity index (χ1v) is 18.6. The second-order valence-corrected chi connectivity index (χ2v) is 13.8. The van der Waals surface area contributed by atoms with Gasteiger partial charge in [-0.25, -0.2) is 19.9 Å². The lowest BCUT2D eigenvalue weighted by atomic mass is 9.90. The summed E-state index contributed by atoms with van der Waals surface area (Å²) >= 11 is 0. The number of para-hydroxylation sites is 1. The van der Waals surface area contributed by atoms with E-state index >= 15 is 0 Å². The van der Waals surface area contributed by atoms with Crippen molar-refractivity contribution in [3.05, 3.63) is 182 Å². The molecule has 11 aromatic rings. The fourth-order valence-electron chi connectivity index (χ4n) is 7.71. The van der Waals surface area contributed by atoms with Gasteiger partial charge in [0.05, 0.1) is 0 Å². The fourth-order valence-corrected chi connectivity index (χ4v) is 7.71. The number of oxazole rings is 1. The zero-order chi connectivity index (χ0) is 37.0. The Hall–Kier alpha value is -7.70. The van der Waals surface area contributed by atoms with E-state index in [1.807, 2.05) is 103 Å². The molecule has 0 atom stereocenters. The Morgan fingerprint density at radius 2 is 0.804 bits per heavy atom. The van der Waals surface area contributed by atoms with Crippen LogP contribution < -0.4 is 0 Å². The molecular weight excluding hydrogens is 689 g/mol. The molecule has 3 aromatic heterocycles. The summed E-state index contributed by atoms with van der Waals surface area (Å²) in [6.45, 7) is 0. The van der Waals surface area contributed by atoms with Crippen molar-refractivity contribution in [2.75, 3.05) is 0 Å². The average Bonchev–Trinajstić information content (AvgIpc) is 3.89. The third-order valence-corrected chi connectivity index (χ3v) is 10.4. The van der Waals surface area contributed by atoms with Crippen LogP contribution in [-0.4, -0.2) is 19.9 Å². The van der Waals surface area contributed by atoms with Crippen LogP contribution in [0.1, 0.15) is 0 Å². The van der Waals surface area contributed by atoms with Gasteiger partial charge in [0.1, 0.15) is 5.58 Å². The van der Waals surface area contributed by atoms with Crippen LogP contribution in [0.2, 0.25) is 0 Å². The molecule has 0 unspecified atom stereocenters. The Bertz CT molecular complexity index is 3170. The van der Waals surface area contributed by atoms with E-state index in [0.29, 0.717) is 34.5 Å². The first-order valence-electron chi connectivity index (χ1n) is 18.6. The second kappa shape index (κ2) is 13.0. The summed E-state index contributed by atoms with van der Waals surface area (Å²) in [5.74, 6) is 2.46. The smallest absolute Gasteiger partial charge is 0.227 e. The quantitative estimate of drug-likeness (QED) is 0.170. The van der Waals surface area contributed by atoms with Crippen LogP contribution in [-0.2, 0) is 0 Å². The van der Waals surface area contributed by atoms with Crippen molar-refractivity contribution in [3.63, 3.8) is 0 Å². The van der Waals surface area contributed by atoms with Crippen molar-refractivity contribution in [3.8, 4) is 67.9 Å². The molecule has 3 heterocycles. The summed E-state index contributed by atoms with van der Waals surface area (Å²) < 4.78 is 13.0. The van der Waals surface area contributed by atoms with E-state index < -0.39 is 0 Å². The highest BCUT2D eigenvalue weighted by Crippen LogP contribution is 2.45. The lowest BCUT2D eigenvalue weighted by Crippen LogP contribution is -2.00. The van der Waals surface area contributed by atoms with Gasteiger partial charge in [0.25, 0.3) is 0 Å². The maximum atomic E-state index is 6.56. The third kappa shape index (κ3) is 5.35. The predicted molar refractivity (Wildman–Crippen MR) is 225 cm³/mol. The third-order valence-electron chi connectivity index (χ3n) is 10.4. The maximum Gasteiger partial charge on any atom is 0.227 e. The van der Waals surface area contributed by atoms with Gasteiger partial charge in [-0.2, -0.15) is 0 Å². The van der Waals surface area contributed by atoms with Gasteiger partial charge >= 0.3 is 0 Å². The number of aromatic nitrogens is 4. The first kappa shape index (κ1) is 31.8. The molecule has 6 nitrogen and oxygen atoms in total. The van der Waals surface area contributed by atoms with Crippen molar-refractivity contribution in [1.82, 2.24) is 19.9 Å². The minimum absolute atomic E-state index is 0.563. The summed E-state index contributed by atoms with van der Waals surface area (Å²) in [5, 5.41) is 4.32. The minimum atomic E-state index is 0.563. The summed E-state index contributed by atoms with van der Waals surface area (Å²) in [5.41, 5.74) is 11.0. The van der Waals surface area contributed by atoms with Crippen LogP contribution >= 0.6 is 0 Å². The highest BCUT2D eigenvalue weighted by atomic mass is 16.4. The number of fused-ring (bicyclic) bond motifs is 6. The largest absolute Gasteiger partial charge is 0.454 e. The Labute approximate surface area is 321 Å². The molecule has 0 radical (unpaired) electrons. The Balaban J connectivity index is 1.04. The van der Waals surface area contributed by atoms with Crippen LogP contribution in [0.4, 0.5) is 0 Å². The molecule has 6 heteroatoms. The SMILES string of the molecule is c1ccc(-c2nc(-c3ccccc3)nc(-c3ccc(-c4ccc(-c5cc6oc(-c7ccccc7)nc6c6oc7ccccc7c56)c5ccccc45)cc3)n2)cc1. The number of rotatable bonds is 6. The lowest BCUT2D eigenvalue weighted by Gasteiger charge is -2.14. The number of benzene rings is 8. The van der Waals surface area contributed by atoms with Gasteiger partial charge in [-0.3, -0.25) is 0 Å². The van der Waals surface area contributed by atoms with Gasteiger partial charge in [-0.15, -0.1) is 0 Å². The number of nitrogens with zero attached hydrogens (tertiary/aromatic N) is 4. The molecule has 0 fully saturated rings. The topological polar surface area (TPSA) is 77.8 Å². The fraction of sp³-hybridized carbons (Fsp3) is 0. The van der Waals surface area contributed by atoms with E-state index in [4.69, 9.17) is 28.8 Å². The van der Waals surface area contributed by atoms with E-state index in [1.54, 1.807) is 0 Å². The van der Waals surface area contributed by atoms with Crippen LogP contribution in [0.3, 0.4) is 0 Å². The van der Waals surface area contributed by atoms with Gasteiger partial charge < -0.3 is 8.83 Å². The van der Waals surface area contributed by atoms with Crippen molar-refractivity contribution >= 4 is 43.8 Å². The molecule has 0 aliphatic rings. The van der Waals surface area contributed by atoms with Gasteiger partial charge in [0.2, 0.25) is 5.89 Å². The van der Waals surface area contributed by atoms with Gasteiger partial charge in [-0.1, -0.05) is 158 Å². The van der Waals surface area contributed by atoms with Gasteiger partial charge in [0, 0.05) is 33.0 Å². The van der Waals surface area contributed by atoms with Crippen molar-refractivity contribution in [1.29, 1.82) is 0 Å². The Kier molecular flexibility index (Phi) is 7.38. The number of hydrogen-bond acceptors (Lipinski definition) is 6. The first-order chi connectivity index (χ1) is 27.7. The molecule has 0 bridgehead atoms. The molecule has 56 heavy (non-hydrogen) atoms. The van der Waals surface area contributed by atoms with Crippen molar-refractivity contribution < 1.29 is 8.83 Å². The molecule has 0 aliphatic carbocycles. The lowest BCUT2D eigenvalue weighted by molar-refractivity contribution is 0.620. The average molecular weight is 719 g/mol. The molecule has 0 saturated heterocycles. The zero-order valence-corrected chi connectivity index (χ0v) is 29.9. The standard InChI is InChI=1S/C50H30N4O2/c1-4-14-32(15-5-1)47-52-48(33-16-6-2-7-17-33)54-49(53-47)34-26-24-31(25-27-34)36-28-29-39(38-21-11-10-20-37(36)38)41-30-43-45(51-50(56-43)35-18-8-3-9-19-35)46-44(41)40-22-12-13-23-42(40)55-46/h1-30H. The van der Waals surface area contributed by atoms with E-state index in [9.17, 15) is 0 Å². The van der Waals surface area contributed by atoms with E-state index in [1.165, 1.54) is 0 Å². The Morgan fingerprint density at radius 1 is 0.321 bits per heavy atom. The van der Waals surface area contributed by atoms with Crippen molar-refractivity contribution in [2.24, 2.45) is 0 Å². The van der Waals surface area contributed by atoms with E-state index in [-0.39, 0.29) is 0 Å². The molecule has 11 rings (SSSR count). The minimum Gasteiger partial charge on any atom is -0.454 e. The number of furan rings is 1. The number of hydrogen-bond donors (Lipinski definition) is 0. The molecule has 0 aliphatic heterocycles. The van der Waals surface area contributed by atoms with Crippen LogP contribution in [0, 0.1) is 0 Å². The second-order valence-electron chi connectivity index (χ2n) is 13.8. The predicted octanol–water partition coefficient (Wildman–Crippen LogP) is 13.1. The molecule has 0 N–H and O–H groups in total. The van der Waals surface area contributed by atoms with Crippen molar-refractivity contribution in [2.45, 2.75) is 0 Å². The molecule has 0 spiro atoms. The molecule has 0 saturated carbocycles. The molecule has 262 valence electrons. The highest BCUT2D eigenvalue weighted by Gasteiger charge is 2.22. The monoisotopic (exact) mass is 718 g/mol. The summed E-state index contributed by atoms with van der Waals surface area (Å²) in [7, 11) is 0. The van der Waals surface area contributed by atoms with E-state index in [2.05, 4.69) is 78.9 Å². The normalized spacial score (nSPS) is 11.6. The van der Waals surface area contributed by atoms with E-state index in [0.717, 1.165) is 77.2 Å². The van der Waals surface area contributed by atoms with Crippen LogP contribution in [0.25, 0.3) is 112 Å². The van der Waals surface area contributed by atoms with Crippen LogP contribution in [0.5, 0.6) is 0 Å². The summed E-state index contributed by atoms with van der Waals surface area (Å²) in [6.07, 6.45) is 0. The highest BCUT2D eigenvalue weighted by molar-refractivity contribution is 6.22. The molecular formula is C50H30N4O2. The zero-order valence-electron chi connectivity index (χ0n) is 29.9. The van der Waals surface area contributed by atoms with Gasteiger partial charge in [-0.05, 0) is 57.3 Å². The summed E-state index contributed by atoms with van der Waals surface area (Å²) in [4.78, 5) is 19.7.